The first kappa shape index (κ1) is 24.0. The first-order chi connectivity index (χ1) is 11.6. The fraction of sp³-hybridized carbons (Fsp3) is 0.611. The van der Waals surface area contributed by atoms with E-state index >= 15 is 0 Å². The van der Waals surface area contributed by atoms with E-state index in [9.17, 15) is 8.78 Å². The van der Waals surface area contributed by atoms with E-state index in [-0.39, 0.29) is 42.6 Å². The highest BCUT2D eigenvalue weighted by Gasteiger charge is 2.09. The van der Waals surface area contributed by atoms with Gasteiger partial charge in [0.1, 0.15) is 11.6 Å². The highest BCUT2D eigenvalue weighted by atomic mass is 127. The fourth-order valence-electron chi connectivity index (χ4n) is 2.56. The molecule has 1 aromatic rings. The van der Waals surface area contributed by atoms with Crippen molar-refractivity contribution >= 4 is 29.9 Å². The Labute approximate surface area is 166 Å². The zero-order valence-electron chi connectivity index (χ0n) is 15.0. The molecule has 3 N–H and O–H groups in total. The molecule has 1 rings (SSSR count). The number of nitrogens with zero attached hydrogens (tertiary/aromatic N) is 1. The predicted octanol–water partition coefficient (Wildman–Crippen LogP) is 3.48. The van der Waals surface area contributed by atoms with Crippen molar-refractivity contribution in [3.63, 3.8) is 0 Å². The molecule has 0 aromatic heterocycles. The second-order valence-electron chi connectivity index (χ2n) is 5.76. The lowest BCUT2D eigenvalue weighted by molar-refractivity contribution is 0.253. The van der Waals surface area contributed by atoms with Gasteiger partial charge in [0.05, 0.1) is 0 Å². The molecule has 0 bridgehead atoms. The number of benzene rings is 1. The largest absolute Gasteiger partial charge is 0.396 e. The number of aliphatic hydroxyl groups is 1. The van der Waals surface area contributed by atoms with E-state index in [1.54, 1.807) is 0 Å². The summed E-state index contributed by atoms with van der Waals surface area (Å²) >= 11 is 0. The molecule has 4 nitrogen and oxygen atoms in total. The maximum absolute atomic E-state index is 13.6. The van der Waals surface area contributed by atoms with Gasteiger partial charge in [0.15, 0.2) is 5.96 Å². The van der Waals surface area contributed by atoms with E-state index in [1.165, 1.54) is 18.2 Å². The molecule has 0 radical (unpaired) electrons. The van der Waals surface area contributed by atoms with Gasteiger partial charge in [0, 0.05) is 31.8 Å². The monoisotopic (exact) mass is 469 g/mol. The molecule has 0 aliphatic heterocycles. The van der Waals surface area contributed by atoms with Crippen molar-refractivity contribution in [1.29, 1.82) is 0 Å². The zero-order chi connectivity index (χ0) is 17.8. The Balaban J connectivity index is 0.00000576. The van der Waals surface area contributed by atoms with Gasteiger partial charge in [-0.1, -0.05) is 19.4 Å². The Bertz CT molecular complexity index is 489. The first-order valence-corrected chi connectivity index (χ1v) is 8.68. The van der Waals surface area contributed by atoms with Crippen molar-refractivity contribution in [3.8, 4) is 0 Å². The van der Waals surface area contributed by atoms with Gasteiger partial charge in [0.25, 0.3) is 0 Å². The van der Waals surface area contributed by atoms with Crippen molar-refractivity contribution in [3.05, 3.63) is 35.4 Å². The molecule has 0 saturated heterocycles. The number of aliphatic hydroxyl groups excluding tert-OH is 1. The summed E-state index contributed by atoms with van der Waals surface area (Å²) in [6, 6.07) is 3.89. The lowest BCUT2D eigenvalue weighted by Gasteiger charge is -2.15. The van der Waals surface area contributed by atoms with Crippen LogP contribution in [0, 0.1) is 17.6 Å². The van der Waals surface area contributed by atoms with Crippen molar-refractivity contribution in [2.24, 2.45) is 10.9 Å². The van der Waals surface area contributed by atoms with Crippen LogP contribution in [0.25, 0.3) is 0 Å². The van der Waals surface area contributed by atoms with Crippen LogP contribution in [0.2, 0.25) is 0 Å². The van der Waals surface area contributed by atoms with E-state index in [1.807, 2.05) is 6.92 Å². The number of halogens is 3. The topological polar surface area (TPSA) is 56.7 Å². The zero-order valence-corrected chi connectivity index (χ0v) is 17.4. The minimum atomic E-state index is -0.523. The van der Waals surface area contributed by atoms with Gasteiger partial charge in [-0.3, -0.25) is 4.99 Å². The molecule has 1 aromatic carbocycles. The highest BCUT2D eigenvalue weighted by molar-refractivity contribution is 14.0. The Morgan fingerprint density at radius 1 is 1.16 bits per heavy atom. The Hall–Kier alpha value is -0.960. The van der Waals surface area contributed by atoms with E-state index in [0.717, 1.165) is 19.3 Å². The lowest BCUT2D eigenvalue weighted by Crippen LogP contribution is -2.38. The summed E-state index contributed by atoms with van der Waals surface area (Å²) in [5.74, 6) is -0.0675. The van der Waals surface area contributed by atoms with E-state index in [2.05, 4.69) is 22.5 Å². The van der Waals surface area contributed by atoms with Crippen LogP contribution >= 0.6 is 24.0 Å². The second-order valence-corrected chi connectivity index (χ2v) is 5.76. The molecule has 1 atom stereocenters. The summed E-state index contributed by atoms with van der Waals surface area (Å²) < 4.78 is 27.2. The average molecular weight is 469 g/mol. The van der Waals surface area contributed by atoms with Gasteiger partial charge in [0.2, 0.25) is 0 Å². The average Bonchev–Trinajstić information content (AvgIpc) is 2.55. The van der Waals surface area contributed by atoms with E-state index in [4.69, 9.17) is 5.11 Å². The van der Waals surface area contributed by atoms with Gasteiger partial charge in [-0.2, -0.15) is 0 Å². The van der Waals surface area contributed by atoms with Crippen LogP contribution in [-0.4, -0.2) is 37.3 Å². The SMILES string of the molecule is CCCC(CCO)CN=C(NCC)NCCc1c(F)cccc1F.I. The summed E-state index contributed by atoms with van der Waals surface area (Å²) in [5.41, 5.74) is 0.0880. The number of hydrogen-bond donors (Lipinski definition) is 3. The van der Waals surface area contributed by atoms with Crippen LogP contribution in [-0.2, 0) is 6.42 Å². The molecule has 0 saturated carbocycles. The molecule has 0 fully saturated rings. The van der Waals surface area contributed by atoms with Gasteiger partial charge in [-0.05, 0) is 44.2 Å². The third-order valence-electron chi connectivity index (χ3n) is 3.82. The molecule has 25 heavy (non-hydrogen) atoms. The Kier molecular flexibility index (Phi) is 13.7. The molecule has 144 valence electrons. The van der Waals surface area contributed by atoms with Gasteiger partial charge in [-0.15, -0.1) is 24.0 Å². The van der Waals surface area contributed by atoms with Gasteiger partial charge < -0.3 is 15.7 Å². The second kappa shape index (κ2) is 14.2. The smallest absolute Gasteiger partial charge is 0.191 e. The van der Waals surface area contributed by atoms with E-state index in [0.29, 0.717) is 31.5 Å². The minimum Gasteiger partial charge on any atom is -0.396 e. The van der Waals surface area contributed by atoms with Crippen LogP contribution in [0.4, 0.5) is 8.78 Å². The lowest BCUT2D eigenvalue weighted by atomic mass is 10.0. The maximum Gasteiger partial charge on any atom is 0.191 e. The Morgan fingerprint density at radius 3 is 2.40 bits per heavy atom. The van der Waals surface area contributed by atoms with Crippen LogP contribution in [0.5, 0.6) is 0 Å². The standard InChI is InChI=1S/C18H29F2N3O.HI/c1-3-6-14(10-12-24)13-23-18(21-4-2)22-11-9-15-16(19)7-5-8-17(15)20;/h5,7-8,14,24H,3-4,6,9-13H2,1-2H3,(H2,21,22,23);1H. The highest BCUT2D eigenvalue weighted by Crippen LogP contribution is 2.12. The van der Waals surface area contributed by atoms with Crippen LogP contribution < -0.4 is 10.6 Å². The van der Waals surface area contributed by atoms with Crippen molar-refractivity contribution in [1.82, 2.24) is 10.6 Å². The summed E-state index contributed by atoms with van der Waals surface area (Å²) in [6.45, 7) is 5.96. The molecular formula is C18H30F2IN3O. The fourth-order valence-corrected chi connectivity index (χ4v) is 2.56. The number of nitrogens with one attached hydrogen (secondary N) is 2. The summed E-state index contributed by atoms with van der Waals surface area (Å²) in [6.07, 6.45) is 3.05. The number of hydrogen-bond acceptors (Lipinski definition) is 2. The maximum atomic E-state index is 13.6. The Morgan fingerprint density at radius 2 is 1.84 bits per heavy atom. The molecule has 7 heteroatoms. The first-order valence-electron chi connectivity index (χ1n) is 8.68. The molecule has 1 unspecified atom stereocenters. The van der Waals surface area contributed by atoms with Gasteiger partial charge >= 0.3 is 0 Å². The normalized spacial score (nSPS) is 12.4. The van der Waals surface area contributed by atoms with E-state index < -0.39 is 11.6 Å². The summed E-state index contributed by atoms with van der Waals surface area (Å²) in [7, 11) is 0. The molecule has 0 spiro atoms. The molecule has 0 amide bonds. The third kappa shape index (κ3) is 9.34. The van der Waals surface area contributed by atoms with Crippen molar-refractivity contribution < 1.29 is 13.9 Å². The van der Waals surface area contributed by atoms with Gasteiger partial charge in [-0.25, -0.2) is 8.78 Å². The number of rotatable bonds is 10. The summed E-state index contributed by atoms with van der Waals surface area (Å²) in [5, 5.41) is 15.3. The molecule has 0 aliphatic carbocycles. The quantitative estimate of drug-likeness (QED) is 0.280. The molecule has 0 aliphatic rings. The predicted molar refractivity (Wildman–Crippen MR) is 110 cm³/mol. The van der Waals surface area contributed by atoms with Crippen LogP contribution in [0.15, 0.2) is 23.2 Å². The van der Waals surface area contributed by atoms with Crippen LogP contribution in [0.3, 0.4) is 0 Å². The van der Waals surface area contributed by atoms with Crippen molar-refractivity contribution in [2.45, 2.75) is 39.5 Å². The van der Waals surface area contributed by atoms with Crippen LogP contribution in [0.1, 0.15) is 38.7 Å². The number of guanidine groups is 1. The molecular weight excluding hydrogens is 439 g/mol. The third-order valence-corrected chi connectivity index (χ3v) is 3.82. The summed E-state index contributed by atoms with van der Waals surface area (Å²) in [4.78, 5) is 4.52. The molecule has 0 heterocycles. The van der Waals surface area contributed by atoms with Crippen molar-refractivity contribution in [2.75, 3.05) is 26.2 Å². The minimum absolute atomic E-state index is 0. The number of aliphatic imine (C=N–C) groups is 1.